The first-order valence-corrected chi connectivity index (χ1v) is 5.77. The van der Waals surface area contributed by atoms with Crippen LogP contribution < -0.4 is 5.32 Å². The van der Waals surface area contributed by atoms with Gasteiger partial charge < -0.3 is 10.4 Å². The SMILES string of the molecule is C#CCCC[C@@H](NC(=O)c1cccc(F)c1)C(=O)O. The minimum absolute atomic E-state index is 0.0863. The molecule has 0 bridgehead atoms. The number of carboxylic acid groups (broad SMARTS) is 1. The van der Waals surface area contributed by atoms with Crippen LogP contribution in [0.2, 0.25) is 0 Å². The smallest absolute Gasteiger partial charge is 0.326 e. The predicted molar refractivity (Wildman–Crippen MR) is 68.0 cm³/mol. The van der Waals surface area contributed by atoms with E-state index in [0.29, 0.717) is 12.8 Å². The summed E-state index contributed by atoms with van der Waals surface area (Å²) in [6.45, 7) is 0. The van der Waals surface area contributed by atoms with Gasteiger partial charge in [0.2, 0.25) is 0 Å². The van der Waals surface area contributed by atoms with E-state index in [1.54, 1.807) is 0 Å². The average Bonchev–Trinajstić information content (AvgIpc) is 2.37. The number of amides is 1. The molecular weight excluding hydrogens is 249 g/mol. The zero-order valence-corrected chi connectivity index (χ0v) is 10.2. The number of aliphatic carboxylic acids is 1. The second kappa shape index (κ2) is 7.17. The van der Waals surface area contributed by atoms with Gasteiger partial charge in [-0.2, -0.15) is 0 Å². The lowest BCUT2D eigenvalue weighted by Gasteiger charge is -2.13. The van der Waals surface area contributed by atoms with Crippen molar-refractivity contribution in [3.8, 4) is 12.3 Å². The van der Waals surface area contributed by atoms with Gasteiger partial charge in [-0.05, 0) is 31.0 Å². The van der Waals surface area contributed by atoms with Crippen LogP contribution in [0, 0.1) is 18.2 Å². The molecule has 1 amide bonds. The van der Waals surface area contributed by atoms with Crippen LogP contribution >= 0.6 is 0 Å². The molecular formula is C14H14FNO3. The van der Waals surface area contributed by atoms with Crippen molar-refractivity contribution in [1.82, 2.24) is 5.32 Å². The molecule has 0 aliphatic heterocycles. The molecule has 19 heavy (non-hydrogen) atoms. The van der Waals surface area contributed by atoms with E-state index in [0.717, 1.165) is 6.07 Å². The van der Waals surface area contributed by atoms with Crippen molar-refractivity contribution >= 4 is 11.9 Å². The Bertz CT molecular complexity index is 508. The topological polar surface area (TPSA) is 66.4 Å². The molecule has 0 aromatic heterocycles. The lowest BCUT2D eigenvalue weighted by molar-refractivity contribution is -0.139. The minimum atomic E-state index is -1.14. The molecule has 0 aliphatic rings. The second-order valence-electron chi connectivity index (χ2n) is 3.97. The Morgan fingerprint density at radius 1 is 1.47 bits per heavy atom. The summed E-state index contributed by atoms with van der Waals surface area (Å²) in [6.07, 6.45) is 6.25. The van der Waals surface area contributed by atoms with Gasteiger partial charge in [-0.15, -0.1) is 12.3 Å². The maximum Gasteiger partial charge on any atom is 0.326 e. The predicted octanol–water partition coefficient (Wildman–Crippen LogP) is 1.81. The lowest BCUT2D eigenvalue weighted by atomic mass is 10.1. The number of benzene rings is 1. The molecule has 1 rings (SSSR count). The number of hydrogen-bond donors (Lipinski definition) is 2. The number of hydrogen-bond acceptors (Lipinski definition) is 2. The first kappa shape index (κ1) is 14.7. The fourth-order valence-corrected chi connectivity index (χ4v) is 1.54. The van der Waals surface area contributed by atoms with Crippen LogP contribution in [-0.2, 0) is 4.79 Å². The zero-order chi connectivity index (χ0) is 14.3. The number of carbonyl (C=O) groups is 2. The summed E-state index contributed by atoms with van der Waals surface area (Å²) >= 11 is 0. The molecule has 0 radical (unpaired) electrons. The summed E-state index contributed by atoms with van der Waals surface area (Å²) in [5.41, 5.74) is 0.0863. The Morgan fingerprint density at radius 3 is 2.79 bits per heavy atom. The van der Waals surface area contributed by atoms with Crippen molar-refractivity contribution in [2.24, 2.45) is 0 Å². The number of carboxylic acids is 1. The van der Waals surface area contributed by atoms with Crippen LogP contribution in [-0.4, -0.2) is 23.0 Å². The van der Waals surface area contributed by atoms with Gasteiger partial charge >= 0.3 is 5.97 Å². The van der Waals surface area contributed by atoms with Crippen LogP contribution in [0.5, 0.6) is 0 Å². The van der Waals surface area contributed by atoms with Gasteiger partial charge in [-0.3, -0.25) is 4.79 Å². The van der Waals surface area contributed by atoms with Crippen molar-refractivity contribution in [2.75, 3.05) is 0 Å². The Labute approximate surface area is 110 Å². The molecule has 1 aromatic carbocycles. The van der Waals surface area contributed by atoms with Gasteiger partial charge in [0.15, 0.2) is 0 Å². The highest BCUT2D eigenvalue weighted by atomic mass is 19.1. The molecule has 0 spiro atoms. The second-order valence-corrected chi connectivity index (χ2v) is 3.97. The van der Waals surface area contributed by atoms with Gasteiger partial charge in [0.05, 0.1) is 0 Å². The molecule has 0 unspecified atom stereocenters. The molecule has 4 nitrogen and oxygen atoms in total. The zero-order valence-electron chi connectivity index (χ0n) is 10.2. The standard InChI is InChI=1S/C14H14FNO3/c1-2-3-4-8-12(14(18)19)16-13(17)10-6-5-7-11(15)9-10/h1,5-7,9,12H,3-4,8H2,(H,16,17)(H,18,19)/t12-/m1/s1. The molecule has 0 saturated heterocycles. The number of unbranched alkanes of at least 4 members (excludes halogenated alkanes) is 1. The number of rotatable bonds is 6. The molecule has 0 saturated carbocycles. The number of terminal acetylenes is 1. The summed E-state index contributed by atoms with van der Waals surface area (Å²) in [6, 6.07) is 4.04. The lowest BCUT2D eigenvalue weighted by Crippen LogP contribution is -2.40. The van der Waals surface area contributed by atoms with E-state index in [1.165, 1.54) is 18.2 Å². The van der Waals surface area contributed by atoms with E-state index in [2.05, 4.69) is 11.2 Å². The van der Waals surface area contributed by atoms with Gasteiger partial charge in [0.1, 0.15) is 11.9 Å². The van der Waals surface area contributed by atoms with E-state index < -0.39 is 23.7 Å². The molecule has 0 heterocycles. The highest BCUT2D eigenvalue weighted by Crippen LogP contribution is 2.06. The third-order valence-corrected chi connectivity index (χ3v) is 2.50. The molecule has 0 fully saturated rings. The largest absolute Gasteiger partial charge is 0.480 e. The van der Waals surface area contributed by atoms with E-state index in [-0.39, 0.29) is 12.0 Å². The fourth-order valence-electron chi connectivity index (χ4n) is 1.54. The van der Waals surface area contributed by atoms with Crippen LogP contribution in [0.1, 0.15) is 29.6 Å². The fraction of sp³-hybridized carbons (Fsp3) is 0.286. The van der Waals surface area contributed by atoms with Gasteiger partial charge in [0, 0.05) is 12.0 Å². The normalized spacial score (nSPS) is 11.4. The molecule has 5 heteroatoms. The quantitative estimate of drug-likeness (QED) is 0.607. The summed E-state index contributed by atoms with van der Waals surface area (Å²) in [5, 5.41) is 11.3. The van der Waals surface area contributed by atoms with Crippen molar-refractivity contribution < 1.29 is 19.1 Å². The Hall–Kier alpha value is -2.35. The van der Waals surface area contributed by atoms with Gasteiger partial charge in [-0.25, -0.2) is 9.18 Å². The van der Waals surface area contributed by atoms with Crippen LogP contribution in [0.3, 0.4) is 0 Å². The highest BCUT2D eigenvalue weighted by Gasteiger charge is 2.20. The molecule has 100 valence electrons. The van der Waals surface area contributed by atoms with Crippen LogP contribution in [0.4, 0.5) is 4.39 Å². The van der Waals surface area contributed by atoms with Gasteiger partial charge in [0.25, 0.3) is 5.91 Å². The van der Waals surface area contributed by atoms with E-state index in [9.17, 15) is 14.0 Å². The van der Waals surface area contributed by atoms with Crippen LogP contribution in [0.25, 0.3) is 0 Å². The molecule has 1 atom stereocenters. The first-order chi connectivity index (χ1) is 9.04. The third kappa shape index (κ3) is 4.80. The van der Waals surface area contributed by atoms with E-state index >= 15 is 0 Å². The molecule has 0 aliphatic carbocycles. The molecule has 1 aromatic rings. The Kier molecular flexibility index (Phi) is 5.55. The average molecular weight is 263 g/mol. The minimum Gasteiger partial charge on any atom is -0.480 e. The number of halogens is 1. The van der Waals surface area contributed by atoms with E-state index in [4.69, 9.17) is 11.5 Å². The molecule has 2 N–H and O–H groups in total. The van der Waals surface area contributed by atoms with Crippen molar-refractivity contribution in [3.05, 3.63) is 35.6 Å². The van der Waals surface area contributed by atoms with E-state index in [1.807, 2.05) is 0 Å². The Balaban J connectivity index is 2.66. The third-order valence-electron chi connectivity index (χ3n) is 2.50. The maximum absolute atomic E-state index is 13.0. The summed E-state index contributed by atoms with van der Waals surface area (Å²) in [7, 11) is 0. The van der Waals surface area contributed by atoms with Gasteiger partial charge in [-0.1, -0.05) is 6.07 Å². The number of carbonyl (C=O) groups excluding carboxylic acids is 1. The number of nitrogens with one attached hydrogen (secondary N) is 1. The first-order valence-electron chi connectivity index (χ1n) is 5.77. The van der Waals surface area contributed by atoms with Crippen LogP contribution in [0.15, 0.2) is 24.3 Å². The Morgan fingerprint density at radius 2 is 2.21 bits per heavy atom. The summed E-state index contributed by atoms with van der Waals surface area (Å²) in [4.78, 5) is 22.7. The maximum atomic E-state index is 13.0. The summed E-state index contributed by atoms with van der Waals surface area (Å²) in [5.74, 6) is 0.0948. The van der Waals surface area contributed by atoms with Crippen molar-refractivity contribution in [2.45, 2.75) is 25.3 Å². The highest BCUT2D eigenvalue weighted by molar-refractivity contribution is 5.96. The monoisotopic (exact) mass is 263 g/mol. The van der Waals surface area contributed by atoms with Crippen molar-refractivity contribution in [3.63, 3.8) is 0 Å². The summed E-state index contributed by atoms with van der Waals surface area (Å²) < 4.78 is 13.0. The van der Waals surface area contributed by atoms with Crippen molar-refractivity contribution in [1.29, 1.82) is 0 Å².